The first-order valence-electron chi connectivity index (χ1n) is 7.59. The molecule has 0 bridgehead atoms. The minimum absolute atomic E-state index is 0.332. The van der Waals surface area contributed by atoms with Crippen LogP contribution in [-0.4, -0.2) is 9.55 Å². The van der Waals surface area contributed by atoms with Gasteiger partial charge in [-0.3, -0.25) is 0 Å². The molecule has 1 aromatic heterocycles. The topological polar surface area (TPSA) is 41.6 Å². The summed E-state index contributed by atoms with van der Waals surface area (Å²) in [5.41, 5.74) is 4.57. The van der Waals surface area contributed by atoms with Gasteiger partial charge in [0.05, 0.1) is 23.5 Å². The Morgan fingerprint density at radius 1 is 1.14 bits per heavy atom. The first-order valence-corrected chi connectivity index (χ1v) is 7.59. The highest BCUT2D eigenvalue weighted by Crippen LogP contribution is 2.23. The molecule has 0 N–H and O–H groups in total. The summed E-state index contributed by atoms with van der Waals surface area (Å²) >= 11 is 0. The maximum absolute atomic E-state index is 9.07. The standard InChI is InChI=1S/C19H19N3/c1-14(2)16-8-9-18-17(12-16)21-19(10-11-20)22(18)13-15-6-4-3-5-7-15/h3-9,12,14H,10,13H2,1-2H3. The number of benzene rings is 2. The van der Waals surface area contributed by atoms with Gasteiger partial charge in [0.1, 0.15) is 5.82 Å². The smallest absolute Gasteiger partial charge is 0.124 e. The molecule has 3 rings (SSSR count). The highest BCUT2D eigenvalue weighted by Gasteiger charge is 2.12. The summed E-state index contributed by atoms with van der Waals surface area (Å²) in [5.74, 6) is 1.31. The first-order chi connectivity index (χ1) is 10.7. The predicted molar refractivity (Wildman–Crippen MR) is 88.7 cm³/mol. The molecule has 3 heteroatoms. The molecule has 0 saturated heterocycles. The fourth-order valence-corrected chi connectivity index (χ4v) is 2.70. The number of fused-ring (bicyclic) bond motifs is 1. The summed E-state index contributed by atoms with van der Waals surface area (Å²) in [6, 6.07) is 18.9. The van der Waals surface area contributed by atoms with E-state index in [1.54, 1.807) is 0 Å². The maximum atomic E-state index is 9.07. The predicted octanol–water partition coefficient (Wildman–Crippen LogP) is 4.27. The Labute approximate surface area is 130 Å². The highest BCUT2D eigenvalue weighted by atomic mass is 15.1. The zero-order chi connectivity index (χ0) is 15.5. The summed E-state index contributed by atoms with van der Waals surface area (Å²) in [5, 5.41) is 9.07. The van der Waals surface area contributed by atoms with Crippen molar-refractivity contribution in [1.29, 1.82) is 5.26 Å². The van der Waals surface area contributed by atoms with Crippen molar-refractivity contribution in [3.63, 3.8) is 0 Å². The van der Waals surface area contributed by atoms with E-state index in [1.807, 2.05) is 18.2 Å². The van der Waals surface area contributed by atoms with Crippen LogP contribution in [0.5, 0.6) is 0 Å². The molecule has 2 aromatic carbocycles. The molecule has 0 atom stereocenters. The molecule has 22 heavy (non-hydrogen) atoms. The lowest BCUT2D eigenvalue weighted by Crippen LogP contribution is -2.04. The van der Waals surface area contributed by atoms with Crippen molar-refractivity contribution in [3.8, 4) is 6.07 Å². The summed E-state index contributed by atoms with van der Waals surface area (Å²) in [4.78, 5) is 4.68. The monoisotopic (exact) mass is 289 g/mol. The number of hydrogen-bond acceptors (Lipinski definition) is 2. The van der Waals surface area contributed by atoms with E-state index in [1.165, 1.54) is 11.1 Å². The molecular formula is C19H19N3. The molecular weight excluding hydrogens is 270 g/mol. The van der Waals surface area contributed by atoms with E-state index in [-0.39, 0.29) is 0 Å². The van der Waals surface area contributed by atoms with E-state index >= 15 is 0 Å². The van der Waals surface area contributed by atoms with Gasteiger partial charge in [-0.15, -0.1) is 0 Å². The normalized spacial score (nSPS) is 11.0. The Balaban J connectivity index is 2.10. The van der Waals surface area contributed by atoms with Gasteiger partial charge in [-0.2, -0.15) is 5.26 Å². The van der Waals surface area contributed by atoms with Crippen molar-refractivity contribution in [2.75, 3.05) is 0 Å². The lowest BCUT2D eigenvalue weighted by Gasteiger charge is -2.09. The number of rotatable bonds is 4. The highest BCUT2D eigenvalue weighted by molar-refractivity contribution is 5.77. The zero-order valence-corrected chi connectivity index (χ0v) is 13.0. The van der Waals surface area contributed by atoms with Crippen LogP contribution in [0.25, 0.3) is 11.0 Å². The minimum atomic E-state index is 0.332. The molecule has 110 valence electrons. The number of nitrogens with zero attached hydrogens (tertiary/aromatic N) is 3. The van der Waals surface area contributed by atoms with Gasteiger partial charge in [-0.1, -0.05) is 50.2 Å². The number of hydrogen-bond donors (Lipinski definition) is 0. The van der Waals surface area contributed by atoms with Gasteiger partial charge in [0, 0.05) is 6.54 Å². The quantitative estimate of drug-likeness (QED) is 0.719. The molecule has 0 spiro atoms. The lowest BCUT2D eigenvalue weighted by atomic mass is 10.0. The van der Waals surface area contributed by atoms with E-state index in [9.17, 15) is 0 Å². The van der Waals surface area contributed by atoms with Crippen molar-refractivity contribution in [2.24, 2.45) is 0 Å². The van der Waals surface area contributed by atoms with Crippen molar-refractivity contribution in [2.45, 2.75) is 32.7 Å². The van der Waals surface area contributed by atoms with Crippen LogP contribution in [0.15, 0.2) is 48.5 Å². The summed E-state index contributed by atoms with van der Waals surface area (Å²) < 4.78 is 2.15. The average Bonchev–Trinajstić information content (AvgIpc) is 2.85. The molecule has 0 saturated carbocycles. The molecule has 0 aliphatic rings. The van der Waals surface area contributed by atoms with Crippen molar-refractivity contribution >= 4 is 11.0 Å². The maximum Gasteiger partial charge on any atom is 0.124 e. The van der Waals surface area contributed by atoms with Crippen LogP contribution in [0.1, 0.15) is 36.7 Å². The van der Waals surface area contributed by atoms with E-state index in [0.29, 0.717) is 12.3 Å². The molecule has 0 aliphatic carbocycles. The van der Waals surface area contributed by atoms with E-state index < -0.39 is 0 Å². The van der Waals surface area contributed by atoms with Gasteiger partial charge in [-0.05, 0) is 29.2 Å². The fraction of sp³-hybridized carbons (Fsp3) is 0.263. The molecule has 0 radical (unpaired) electrons. The van der Waals surface area contributed by atoms with Crippen LogP contribution in [0.3, 0.4) is 0 Å². The summed E-state index contributed by atoms with van der Waals surface area (Å²) in [6.45, 7) is 5.10. The molecule has 3 aromatic rings. The van der Waals surface area contributed by atoms with Crippen LogP contribution in [0.4, 0.5) is 0 Å². The fourth-order valence-electron chi connectivity index (χ4n) is 2.70. The van der Waals surface area contributed by atoms with Crippen molar-refractivity contribution < 1.29 is 0 Å². The van der Waals surface area contributed by atoms with Crippen LogP contribution >= 0.6 is 0 Å². The van der Waals surface area contributed by atoms with E-state index in [4.69, 9.17) is 5.26 Å². The number of nitriles is 1. The van der Waals surface area contributed by atoms with E-state index in [2.05, 4.69) is 59.8 Å². The molecule has 3 nitrogen and oxygen atoms in total. The van der Waals surface area contributed by atoms with Crippen LogP contribution in [0, 0.1) is 11.3 Å². The summed E-state index contributed by atoms with van der Waals surface area (Å²) in [6.07, 6.45) is 0.332. The third kappa shape index (κ3) is 2.73. The SMILES string of the molecule is CC(C)c1ccc2c(c1)nc(CC#N)n2Cc1ccccc1. The minimum Gasteiger partial charge on any atom is -0.323 e. The number of imidazole rings is 1. The lowest BCUT2D eigenvalue weighted by molar-refractivity contribution is 0.769. The second-order valence-corrected chi connectivity index (χ2v) is 5.84. The van der Waals surface area contributed by atoms with Crippen molar-refractivity contribution in [1.82, 2.24) is 9.55 Å². The Kier molecular flexibility index (Phi) is 3.93. The third-order valence-electron chi connectivity index (χ3n) is 3.94. The Morgan fingerprint density at radius 2 is 1.91 bits per heavy atom. The molecule has 1 heterocycles. The Morgan fingerprint density at radius 3 is 2.59 bits per heavy atom. The zero-order valence-electron chi connectivity index (χ0n) is 13.0. The molecule has 0 aliphatic heterocycles. The second kappa shape index (κ2) is 6.03. The van der Waals surface area contributed by atoms with Gasteiger partial charge >= 0.3 is 0 Å². The van der Waals surface area contributed by atoms with Gasteiger partial charge in [0.25, 0.3) is 0 Å². The van der Waals surface area contributed by atoms with E-state index in [0.717, 1.165) is 23.4 Å². The second-order valence-electron chi connectivity index (χ2n) is 5.84. The Bertz CT molecular complexity index is 823. The molecule has 0 unspecified atom stereocenters. The van der Waals surface area contributed by atoms with Gasteiger partial charge in [-0.25, -0.2) is 4.98 Å². The van der Waals surface area contributed by atoms with Gasteiger partial charge < -0.3 is 4.57 Å². The van der Waals surface area contributed by atoms with Crippen molar-refractivity contribution in [3.05, 3.63) is 65.5 Å². The van der Waals surface area contributed by atoms with Gasteiger partial charge in [0.2, 0.25) is 0 Å². The van der Waals surface area contributed by atoms with Crippen LogP contribution < -0.4 is 0 Å². The van der Waals surface area contributed by atoms with Gasteiger partial charge in [0.15, 0.2) is 0 Å². The van der Waals surface area contributed by atoms with Crippen LogP contribution in [0.2, 0.25) is 0 Å². The largest absolute Gasteiger partial charge is 0.323 e. The van der Waals surface area contributed by atoms with Crippen LogP contribution in [-0.2, 0) is 13.0 Å². The molecule has 0 amide bonds. The summed E-state index contributed by atoms with van der Waals surface area (Å²) in [7, 11) is 0. The third-order valence-corrected chi connectivity index (χ3v) is 3.94. The number of aromatic nitrogens is 2. The first kappa shape index (κ1) is 14.3. The molecule has 0 fully saturated rings. The Hall–Kier alpha value is -2.60. The average molecular weight is 289 g/mol.